The molecule has 0 radical (unpaired) electrons. The second-order valence-corrected chi connectivity index (χ2v) is 5.01. The van der Waals surface area contributed by atoms with Crippen LogP contribution in [-0.4, -0.2) is 5.91 Å². The third-order valence-corrected chi connectivity index (χ3v) is 3.32. The van der Waals surface area contributed by atoms with Crippen LogP contribution < -0.4 is 5.32 Å². The van der Waals surface area contributed by atoms with Crippen LogP contribution in [0.3, 0.4) is 0 Å². The first-order valence-electron chi connectivity index (χ1n) is 6.15. The minimum atomic E-state index is -0.121. The van der Waals surface area contributed by atoms with Crippen LogP contribution >= 0.6 is 0 Å². The summed E-state index contributed by atoms with van der Waals surface area (Å²) in [5.41, 5.74) is 2.14. The summed E-state index contributed by atoms with van der Waals surface area (Å²) in [6.07, 6.45) is 4.94. The molecule has 1 aliphatic carbocycles. The maximum atomic E-state index is 11.8. The number of rotatable bonds is 3. The molecule has 90 valence electrons. The molecule has 1 amide bonds. The summed E-state index contributed by atoms with van der Waals surface area (Å²) >= 11 is 0. The first kappa shape index (κ1) is 11.9. The van der Waals surface area contributed by atoms with E-state index in [4.69, 9.17) is 0 Å². The Morgan fingerprint density at radius 2 is 1.88 bits per heavy atom. The van der Waals surface area contributed by atoms with E-state index in [9.17, 15) is 4.79 Å². The van der Waals surface area contributed by atoms with E-state index in [0.717, 1.165) is 18.4 Å². The van der Waals surface area contributed by atoms with Crippen molar-refractivity contribution in [1.82, 2.24) is 5.32 Å². The number of hydrogen-bond acceptors (Lipinski definition) is 1. The minimum Gasteiger partial charge on any atom is -0.343 e. The van der Waals surface area contributed by atoms with Gasteiger partial charge in [-0.3, -0.25) is 4.79 Å². The molecule has 0 aliphatic heterocycles. The smallest absolute Gasteiger partial charge is 0.244 e. The number of carbonyl (C=O) groups is 1. The third-order valence-electron chi connectivity index (χ3n) is 3.32. The predicted molar refractivity (Wildman–Crippen MR) is 69.5 cm³/mol. The highest BCUT2D eigenvalue weighted by molar-refractivity contribution is 5.88. The summed E-state index contributed by atoms with van der Waals surface area (Å²) in [6.45, 7) is 3.88. The van der Waals surface area contributed by atoms with Crippen LogP contribution in [0.4, 0.5) is 0 Å². The van der Waals surface area contributed by atoms with Crippen molar-refractivity contribution < 1.29 is 4.79 Å². The second kappa shape index (κ2) is 4.74. The van der Waals surface area contributed by atoms with Crippen LogP contribution in [0.2, 0.25) is 0 Å². The predicted octanol–water partition coefficient (Wildman–Crippen LogP) is 3.15. The highest BCUT2D eigenvalue weighted by atomic mass is 16.1. The fourth-order valence-corrected chi connectivity index (χ4v) is 2.31. The number of carbonyl (C=O) groups excluding carboxylic acids is 1. The lowest BCUT2D eigenvalue weighted by molar-refractivity contribution is -0.119. The van der Waals surface area contributed by atoms with Gasteiger partial charge in [0.2, 0.25) is 5.91 Å². The maximum absolute atomic E-state index is 11.8. The summed E-state index contributed by atoms with van der Waals surface area (Å²) in [6, 6.07) is 10.3. The molecular weight excluding hydrogens is 210 g/mol. The van der Waals surface area contributed by atoms with Crippen LogP contribution in [0.25, 0.3) is 0 Å². The largest absolute Gasteiger partial charge is 0.343 e. The SMILES string of the molecule is CC(C)=CC(=O)NC1(c2ccccc2)CCC1. The second-order valence-electron chi connectivity index (χ2n) is 5.01. The fraction of sp³-hybridized carbons (Fsp3) is 0.400. The van der Waals surface area contributed by atoms with E-state index in [2.05, 4.69) is 17.4 Å². The lowest BCUT2D eigenvalue weighted by atomic mass is 9.72. The Kier molecular flexibility index (Phi) is 3.32. The Morgan fingerprint density at radius 3 is 2.35 bits per heavy atom. The van der Waals surface area contributed by atoms with Crippen molar-refractivity contribution >= 4 is 5.91 Å². The van der Waals surface area contributed by atoms with Gasteiger partial charge in [-0.1, -0.05) is 35.9 Å². The topological polar surface area (TPSA) is 29.1 Å². The number of amides is 1. The van der Waals surface area contributed by atoms with Crippen LogP contribution in [-0.2, 0) is 10.3 Å². The van der Waals surface area contributed by atoms with Crippen molar-refractivity contribution in [3.05, 3.63) is 47.5 Å². The van der Waals surface area contributed by atoms with Crippen LogP contribution in [0, 0.1) is 0 Å². The highest BCUT2D eigenvalue weighted by Gasteiger charge is 2.39. The molecule has 2 nitrogen and oxygen atoms in total. The zero-order valence-electron chi connectivity index (χ0n) is 10.5. The molecule has 1 aromatic carbocycles. The molecule has 0 heterocycles. The van der Waals surface area contributed by atoms with Gasteiger partial charge < -0.3 is 5.32 Å². The number of allylic oxidation sites excluding steroid dienone is 1. The molecule has 0 aromatic heterocycles. The van der Waals surface area contributed by atoms with Gasteiger partial charge in [-0.15, -0.1) is 0 Å². The molecule has 0 unspecified atom stereocenters. The van der Waals surface area contributed by atoms with Gasteiger partial charge in [0.05, 0.1) is 5.54 Å². The van der Waals surface area contributed by atoms with E-state index in [1.54, 1.807) is 6.08 Å². The van der Waals surface area contributed by atoms with Crippen LogP contribution in [0.15, 0.2) is 42.0 Å². The molecule has 1 saturated carbocycles. The van der Waals surface area contributed by atoms with Gasteiger partial charge in [-0.2, -0.15) is 0 Å². The van der Waals surface area contributed by atoms with E-state index in [0.29, 0.717) is 0 Å². The van der Waals surface area contributed by atoms with Crippen LogP contribution in [0.5, 0.6) is 0 Å². The molecule has 0 spiro atoms. The number of hydrogen-bond donors (Lipinski definition) is 1. The van der Waals surface area contributed by atoms with Gasteiger partial charge in [0.15, 0.2) is 0 Å². The van der Waals surface area contributed by atoms with Crippen molar-refractivity contribution in [2.45, 2.75) is 38.6 Å². The average molecular weight is 229 g/mol. The number of benzene rings is 1. The standard InChI is InChI=1S/C15H19NO/c1-12(2)11-14(17)16-15(9-6-10-15)13-7-4-3-5-8-13/h3-5,7-8,11H,6,9-10H2,1-2H3,(H,16,17). The zero-order chi connectivity index (χ0) is 12.3. The van der Waals surface area contributed by atoms with Gasteiger partial charge in [0.25, 0.3) is 0 Å². The molecule has 0 atom stereocenters. The van der Waals surface area contributed by atoms with Crippen molar-refractivity contribution in [2.24, 2.45) is 0 Å². The molecule has 1 aromatic rings. The zero-order valence-corrected chi connectivity index (χ0v) is 10.5. The molecule has 0 bridgehead atoms. The van der Waals surface area contributed by atoms with Gasteiger partial charge >= 0.3 is 0 Å². The summed E-state index contributed by atoms with van der Waals surface area (Å²) < 4.78 is 0. The van der Waals surface area contributed by atoms with Crippen molar-refractivity contribution in [1.29, 1.82) is 0 Å². The van der Waals surface area contributed by atoms with Gasteiger partial charge in [0, 0.05) is 6.08 Å². The highest BCUT2D eigenvalue weighted by Crippen LogP contribution is 2.41. The monoisotopic (exact) mass is 229 g/mol. The van der Waals surface area contributed by atoms with E-state index in [1.807, 2.05) is 32.0 Å². The van der Waals surface area contributed by atoms with Crippen molar-refractivity contribution in [3.8, 4) is 0 Å². The van der Waals surface area contributed by atoms with Gasteiger partial charge in [0.1, 0.15) is 0 Å². The quantitative estimate of drug-likeness (QED) is 0.793. The summed E-state index contributed by atoms with van der Waals surface area (Å²) in [4.78, 5) is 11.8. The number of nitrogens with one attached hydrogen (secondary N) is 1. The molecule has 1 N–H and O–H groups in total. The normalized spacial score (nSPS) is 16.8. The average Bonchev–Trinajstić information content (AvgIpc) is 2.24. The Labute approximate surface area is 103 Å². The minimum absolute atomic E-state index is 0.0218. The molecule has 0 saturated heterocycles. The lowest BCUT2D eigenvalue weighted by Gasteiger charge is -2.43. The Balaban J connectivity index is 2.16. The molecule has 17 heavy (non-hydrogen) atoms. The Morgan fingerprint density at radius 1 is 1.24 bits per heavy atom. The first-order valence-corrected chi connectivity index (χ1v) is 6.15. The van der Waals surface area contributed by atoms with Gasteiger partial charge in [-0.05, 0) is 38.7 Å². The fourth-order valence-electron chi connectivity index (χ4n) is 2.31. The van der Waals surface area contributed by atoms with Crippen LogP contribution in [0.1, 0.15) is 38.7 Å². The lowest BCUT2D eigenvalue weighted by Crippen LogP contribution is -2.50. The van der Waals surface area contributed by atoms with Crippen molar-refractivity contribution in [2.75, 3.05) is 0 Å². The Bertz CT molecular complexity index is 425. The summed E-state index contributed by atoms with van der Waals surface area (Å²) in [7, 11) is 0. The molecule has 2 rings (SSSR count). The molecule has 2 heteroatoms. The molecular formula is C15H19NO. The summed E-state index contributed by atoms with van der Waals surface area (Å²) in [5, 5.41) is 3.16. The molecule has 1 fully saturated rings. The Hall–Kier alpha value is -1.57. The van der Waals surface area contributed by atoms with E-state index >= 15 is 0 Å². The van der Waals surface area contributed by atoms with E-state index in [-0.39, 0.29) is 11.4 Å². The summed E-state index contributed by atoms with van der Waals surface area (Å²) in [5.74, 6) is 0.0218. The third kappa shape index (κ3) is 2.57. The van der Waals surface area contributed by atoms with Gasteiger partial charge in [-0.25, -0.2) is 0 Å². The van der Waals surface area contributed by atoms with E-state index in [1.165, 1.54) is 12.0 Å². The van der Waals surface area contributed by atoms with Crippen molar-refractivity contribution in [3.63, 3.8) is 0 Å². The maximum Gasteiger partial charge on any atom is 0.244 e. The van der Waals surface area contributed by atoms with E-state index < -0.39 is 0 Å². The molecule has 1 aliphatic rings. The first-order chi connectivity index (χ1) is 8.12.